The van der Waals surface area contributed by atoms with Crippen molar-refractivity contribution >= 4 is 17.7 Å². The second-order valence-corrected chi connectivity index (χ2v) is 6.61. The minimum Gasteiger partial charge on any atom is -0.339 e. The van der Waals surface area contributed by atoms with Crippen LogP contribution in [0.1, 0.15) is 25.7 Å². The average Bonchev–Trinajstić information content (AvgIpc) is 2.49. The summed E-state index contributed by atoms with van der Waals surface area (Å²) < 4.78 is 0. The van der Waals surface area contributed by atoms with Crippen LogP contribution in [0.4, 0.5) is 5.95 Å². The largest absolute Gasteiger partial charge is 0.339 e. The van der Waals surface area contributed by atoms with E-state index >= 15 is 0 Å². The molecule has 0 bridgehead atoms. The van der Waals surface area contributed by atoms with Gasteiger partial charge in [-0.3, -0.25) is 0 Å². The number of anilines is 1. The van der Waals surface area contributed by atoms with Crippen molar-refractivity contribution in [3.63, 3.8) is 0 Å². The lowest BCUT2D eigenvalue weighted by atomic mass is 10.0. The quantitative estimate of drug-likeness (QED) is 0.915. The fourth-order valence-corrected chi connectivity index (χ4v) is 4.05. The molecule has 1 N–H and O–H groups in total. The first-order chi connectivity index (χ1) is 9.42. The molecule has 2 aliphatic rings. The van der Waals surface area contributed by atoms with E-state index in [1.165, 1.54) is 37.2 Å². The molecule has 0 aromatic carbocycles. The SMILES string of the molecule is c1cnc(N2CCCC(NC3CCSCC3)C2)nc1. The summed E-state index contributed by atoms with van der Waals surface area (Å²) in [6.45, 7) is 2.14. The van der Waals surface area contributed by atoms with Crippen molar-refractivity contribution in [2.45, 2.75) is 37.8 Å². The molecule has 104 valence electrons. The standard InChI is InChI=1S/C14H22N4S/c1-3-13(17-12-4-9-19-10-5-12)11-18(8-1)14-15-6-2-7-16-14/h2,6-7,12-13,17H,1,3-5,8-11H2. The van der Waals surface area contributed by atoms with Gasteiger partial charge in [0.05, 0.1) is 0 Å². The lowest BCUT2D eigenvalue weighted by Crippen LogP contribution is -2.50. The first kappa shape index (κ1) is 13.2. The summed E-state index contributed by atoms with van der Waals surface area (Å²) in [6.07, 6.45) is 8.83. The molecular weight excluding hydrogens is 256 g/mol. The van der Waals surface area contributed by atoms with E-state index in [9.17, 15) is 0 Å². The summed E-state index contributed by atoms with van der Waals surface area (Å²) in [5.41, 5.74) is 0. The van der Waals surface area contributed by atoms with Crippen LogP contribution in [0.5, 0.6) is 0 Å². The summed E-state index contributed by atoms with van der Waals surface area (Å²) in [5, 5.41) is 3.85. The van der Waals surface area contributed by atoms with Crippen LogP contribution in [0.15, 0.2) is 18.5 Å². The third-order valence-corrected chi connectivity index (χ3v) is 5.00. The molecule has 1 aromatic rings. The van der Waals surface area contributed by atoms with Crippen molar-refractivity contribution in [1.29, 1.82) is 0 Å². The minimum atomic E-state index is 0.602. The predicted octanol–water partition coefficient (Wildman–Crippen LogP) is 1.93. The van der Waals surface area contributed by atoms with Gasteiger partial charge in [0, 0.05) is 37.6 Å². The molecule has 1 aromatic heterocycles. The molecule has 1 atom stereocenters. The van der Waals surface area contributed by atoms with Gasteiger partial charge < -0.3 is 10.2 Å². The van der Waals surface area contributed by atoms with E-state index in [-0.39, 0.29) is 0 Å². The summed E-state index contributed by atoms with van der Waals surface area (Å²) in [7, 11) is 0. The van der Waals surface area contributed by atoms with Gasteiger partial charge in [-0.1, -0.05) is 0 Å². The molecule has 1 unspecified atom stereocenters. The minimum absolute atomic E-state index is 0.602. The first-order valence-corrected chi connectivity index (χ1v) is 8.43. The Morgan fingerprint density at radius 3 is 2.68 bits per heavy atom. The van der Waals surface area contributed by atoms with Crippen LogP contribution in [-0.2, 0) is 0 Å². The molecule has 0 spiro atoms. The first-order valence-electron chi connectivity index (χ1n) is 7.27. The number of hydrogen-bond donors (Lipinski definition) is 1. The van der Waals surface area contributed by atoms with E-state index in [0.29, 0.717) is 6.04 Å². The van der Waals surface area contributed by atoms with Gasteiger partial charge in [0.1, 0.15) is 0 Å². The molecule has 2 saturated heterocycles. The fourth-order valence-electron chi connectivity index (χ4n) is 2.95. The zero-order chi connectivity index (χ0) is 12.9. The normalized spacial score (nSPS) is 25.5. The zero-order valence-corrected chi connectivity index (χ0v) is 12.1. The topological polar surface area (TPSA) is 41.1 Å². The summed E-state index contributed by atoms with van der Waals surface area (Å²) in [6, 6.07) is 3.21. The Hall–Kier alpha value is -0.810. The average molecular weight is 278 g/mol. The highest BCUT2D eigenvalue weighted by atomic mass is 32.2. The van der Waals surface area contributed by atoms with Crippen LogP contribution >= 0.6 is 11.8 Å². The van der Waals surface area contributed by atoms with Crippen molar-refractivity contribution in [3.8, 4) is 0 Å². The Morgan fingerprint density at radius 2 is 1.89 bits per heavy atom. The number of nitrogens with one attached hydrogen (secondary N) is 1. The number of aromatic nitrogens is 2. The van der Waals surface area contributed by atoms with E-state index in [4.69, 9.17) is 0 Å². The maximum Gasteiger partial charge on any atom is 0.225 e. The van der Waals surface area contributed by atoms with Crippen molar-refractivity contribution in [1.82, 2.24) is 15.3 Å². The Morgan fingerprint density at radius 1 is 1.11 bits per heavy atom. The van der Waals surface area contributed by atoms with Crippen molar-refractivity contribution in [3.05, 3.63) is 18.5 Å². The predicted molar refractivity (Wildman–Crippen MR) is 80.7 cm³/mol. The fraction of sp³-hybridized carbons (Fsp3) is 0.714. The van der Waals surface area contributed by atoms with Gasteiger partial charge in [0.15, 0.2) is 0 Å². The Balaban J connectivity index is 1.55. The van der Waals surface area contributed by atoms with Gasteiger partial charge in [-0.2, -0.15) is 11.8 Å². The lowest BCUT2D eigenvalue weighted by molar-refractivity contribution is 0.358. The van der Waals surface area contributed by atoms with Gasteiger partial charge in [0.2, 0.25) is 5.95 Å². The van der Waals surface area contributed by atoms with Crippen molar-refractivity contribution in [2.75, 3.05) is 29.5 Å². The van der Waals surface area contributed by atoms with E-state index < -0.39 is 0 Å². The maximum atomic E-state index is 4.37. The van der Waals surface area contributed by atoms with Crippen LogP contribution in [0.2, 0.25) is 0 Å². The van der Waals surface area contributed by atoms with E-state index in [1.54, 1.807) is 0 Å². The molecule has 3 heterocycles. The molecule has 5 heteroatoms. The second kappa shape index (κ2) is 6.57. The van der Waals surface area contributed by atoms with Crippen LogP contribution in [0.3, 0.4) is 0 Å². The molecular formula is C14H22N4S. The monoisotopic (exact) mass is 278 g/mol. The highest BCUT2D eigenvalue weighted by Gasteiger charge is 2.24. The molecule has 0 aliphatic carbocycles. The molecule has 0 saturated carbocycles. The van der Waals surface area contributed by atoms with Crippen molar-refractivity contribution in [2.24, 2.45) is 0 Å². The van der Waals surface area contributed by atoms with E-state index in [2.05, 4.69) is 31.9 Å². The van der Waals surface area contributed by atoms with Crippen LogP contribution in [-0.4, -0.2) is 46.6 Å². The van der Waals surface area contributed by atoms with E-state index in [1.807, 2.05) is 18.5 Å². The highest BCUT2D eigenvalue weighted by Crippen LogP contribution is 2.20. The van der Waals surface area contributed by atoms with Crippen LogP contribution in [0.25, 0.3) is 0 Å². The summed E-state index contributed by atoms with van der Waals surface area (Å²) in [4.78, 5) is 11.1. The lowest BCUT2D eigenvalue weighted by Gasteiger charge is -2.36. The van der Waals surface area contributed by atoms with Gasteiger partial charge in [-0.25, -0.2) is 9.97 Å². The third kappa shape index (κ3) is 3.60. The number of rotatable bonds is 3. The highest BCUT2D eigenvalue weighted by molar-refractivity contribution is 7.99. The third-order valence-electron chi connectivity index (χ3n) is 3.95. The smallest absolute Gasteiger partial charge is 0.225 e. The molecule has 2 aliphatic heterocycles. The Kier molecular flexibility index (Phi) is 4.56. The van der Waals surface area contributed by atoms with Crippen LogP contribution in [0, 0.1) is 0 Å². The molecule has 0 radical (unpaired) electrons. The Labute approximate surface area is 119 Å². The summed E-state index contributed by atoms with van der Waals surface area (Å²) >= 11 is 2.09. The number of nitrogens with zero attached hydrogens (tertiary/aromatic N) is 3. The van der Waals surface area contributed by atoms with Crippen LogP contribution < -0.4 is 10.2 Å². The van der Waals surface area contributed by atoms with Gasteiger partial charge in [-0.15, -0.1) is 0 Å². The molecule has 19 heavy (non-hydrogen) atoms. The number of thioether (sulfide) groups is 1. The molecule has 0 amide bonds. The number of piperidine rings is 1. The van der Waals surface area contributed by atoms with Crippen molar-refractivity contribution < 1.29 is 0 Å². The van der Waals surface area contributed by atoms with E-state index in [0.717, 1.165) is 25.1 Å². The molecule has 2 fully saturated rings. The van der Waals surface area contributed by atoms with Gasteiger partial charge >= 0.3 is 0 Å². The second-order valence-electron chi connectivity index (χ2n) is 5.39. The van der Waals surface area contributed by atoms with Gasteiger partial charge in [0.25, 0.3) is 0 Å². The zero-order valence-electron chi connectivity index (χ0n) is 11.3. The molecule has 3 rings (SSSR count). The maximum absolute atomic E-state index is 4.37. The molecule has 4 nitrogen and oxygen atoms in total. The Bertz CT molecular complexity index is 380. The van der Waals surface area contributed by atoms with Gasteiger partial charge in [-0.05, 0) is 43.3 Å². The number of hydrogen-bond acceptors (Lipinski definition) is 5. The summed E-state index contributed by atoms with van der Waals surface area (Å²) in [5.74, 6) is 3.51.